The molecule has 0 amide bonds. The van der Waals surface area contributed by atoms with Gasteiger partial charge in [0.05, 0.1) is 1.37 Å². The third-order valence-corrected chi connectivity index (χ3v) is 1.23. The van der Waals surface area contributed by atoms with Crippen LogP contribution >= 0.6 is 15.9 Å². The van der Waals surface area contributed by atoms with E-state index >= 15 is 0 Å². The van der Waals surface area contributed by atoms with E-state index in [0.717, 1.165) is 12.1 Å². The van der Waals surface area contributed by atoms with Crippen LogP contribution < -0.4 is 0 Å². The molecule has 0 aromatic heterocycles. The summed E-state index contributed by atoms with van der Waals surface area (Å²) in [5.41, 5.74) is 0. The topological polar surface area (TPSA) is 0 Å². The maximum atomic E-state index is 12.4. The molecule has 0 atom stereocenters. The Morgan fingerprint density at radius 2 is 1.78 bits per heavy atom. The standard InChI is InChI=1S/C6H3BrF2/c7-4-1-5(8)3-6(9)2-4/h1-3H/i3D. The maximum absolute atomic E-state index is 12.4. The molecule has 0 nitrogen and oxygen atoms in total. The van der Waals surface area contributed by atoms with Gasteiger partial charge < -0.3 is 0 Å². The summed E-state index contributed by atoms with van der Waals surface area (Å²) in [7, 11) is 0. The second-order valence-electron chi connectivity index (χ2n) is 1.49. The van der Waals surface area contributed by atoms with E-state index in [-0.39, 0.29) is 0 Å². The smallest absolute Gasteiger partial charge is 0.127 e. The van der Waals surface area contributed by atoms with Crippen molar-refractivity contribution in [2.24, 2.45) is 0 Å². The normalized spacial score (nSPS) is 11.2. The van der Waals surface area contributed by atoms with Gasteiger partial charge in [-0.25, -0.2) is 8.78 Å². The van der Waals surface area contributed by atoms with Crippen LogP contribution in [0.1, 0.15) is 1.37 Å². The molecular weight excluding hydrogens is 190 g/mol. The lowest BCUT2D eigenvalue weighted by molar-refractivity contribution is 0.582. The van der Waals surface area contributed by atoms with E-state index in [2.05, 4.69) is 15.9 Å². The van der Waals surface area contributed by atoms with Crippen molar-refractivity contribution in [3.63, 3.8) is 0 Å². The average molecular weight is 194 g/mol. The maximum Gasteiger partial charge on any atom is 0.127 e. The SMILES string of the molecule is [2H]c1c(F)cc(Br)cc1F. The predicted molar refractivity (Wildman–Crippen MR) is 34.1 cm³/mol. The first-order valence-corrected chi connectivity index (χ1v) is 3.01. The number of halogens is 3. The molecule has 9 heavy (non-hydrogen) atoms. The monoisotopic (exact) mass is 193 g/mol. The first kappa shape index (κ1) is 5.35. The van der Waals surface area contributed by atoms with Crippen molar-refractivity contribution in [3.05, 3.63) is 34.3 Å². The van der Waals surface area contributed by atoms with Crippen LogP contribution in [0.2, 0.25) is 0 Å². The summed E-state index contributed by atoms with van der Waals surface area (Å²) in [6.07, 6.45) is 0. The highest BCUT2D eigenvalue weighted by Gasteiger charge is 1.95. The lowest BCUT2D eigenvalue weighted by Crippen LogP contribution is -1.77. The van der Waals surface area contributed by atoms with E-state index in [1.165, 1.54) is 0 Å². The largest absolute Gasteiger partial charge is 0.207 e. The first-order valence-electron chi connectivity index (χ1n) is 2.72. The van der Waals surface area contributed by atoms with Gasteiger partial charge in [-0.15, -0.1) is 0 Å². The summed E-state index contributed by atoms with van der Waals surface area (Å²) in [5, 5.41) is 0. The Morgan fingerprint density at radius 1 is 1.33 bits per heavy atom. The zero-order chi connectivity index (χ0) is 7.72. The molecule has 0 radical (unpaired) electrons. The summed E-state index contributed by atoms with van der Waals surface area (Å²) in [6.45, 7) is 0. The van der Waals surface area contributed by atoms with E-state index in [1.807, 2.05) is 0 Å². The Balaban J connectivity index is 3.31. The molecule has 0 aliphatic rings. The minimum absolute atomic E-state index is 0.304. The van der Waals surface area contributed by atoms with E-state index in [4.69, 9.17) is 1.37 Å². The Hall–Kier alpha value is -0.440. The van der Waals surface area contributed by atoms with E-state index in [1.54, 1.807) is 0 Å². The molecule has 0 saturated heterocycles. The minimum Gasteiger partial charge on any atom is -0.207 e. The van der Waals surface area contributed by atoms with Gasteiger partial charge in [0.25, 0.3) is 0 Å². The van der Waals surface area contributed by atoms with Crippen LogP contribution in [0.5, 0.6) is 0 Å². The van der Waals surface area contributed by atoms with Gasteiger partial charge in [-0.1, -0.05) is 15.9 Å². The molecule has 0 unspecified atom stereocenters. The Kier molecular flexibility index (Phi) is 1.45. The Bertz CT molecular complexity index is 239. The van der Waals surface area contributed by atoms with Crippen molar-refractivity contribution in [1.29, 1.82) is 0 Å². The van der Waals surface area contributed by atoms with E-state index in [9.17, 15) is 8.78 Å². The average Bonchev–Trinajstić information content (AvgIpc) is 1.82. The van der Waals surface area contributed by atoms with Crippen molar-refractivity contribution in [2.75, 3.05) is 0 Å². The van der Waals surface area contributed by atoms with Crippen LogP contribution in [0.25, 0.3) is 0 Å². The van der Waals surface area contributed by atoms with Crippen LogP contribution in [-0.4, -0.2) is 0 Å². The van der Waals surface area contributed by atoms with Crippen molar-refractivity contribution in [3.8, 4) is 0 Å². The van der Waals surface area contributed by atoms with Gasteiger partial charge in [0.15, 0.2) is 0 Å². The van der Waals surface area contributed by atoms with Gasteiger partial charge in [0, 0.05) is 10.5 Å². The van der Waals surface area contributed by atoms with Crippen LogP contribution in [0.15, 0.2) is 22.6 Å². The zero-order valence-electron chi connectivity index (χ0n) is 5.29. The Morgan fingerprint density at radius 3 is 2.22 bits per heavy atom. The van der Waals surface area contributed by atoms with Crippen LogP contribution in [0.3, 0.4) is 0 Å². The summed E-state index contributed by atoms with van der Waals surface area (Å²) < 4.78 is 31.8. The molecule has 1 aromatic carbocycles. The first-order chi connectivity index (χ1) is 4.61. The molecule has 0 N–H and O–H groups in total. The molecule has 0 bridgehead atoms. The minimum atomic E-state index is -0.855. The summed E-state index contributed by atoms with van der Waals surface area (Å²) in [5.74, 6) is -1.71. The lowest BCUT2D eigenvalue weighted by atomic mass is 10.3. The van der Waals surface area contributed by atoms with Crippen LogP contribution in [0, 0.1) is 11.6 Å². The molecule has 3 heteroatoms. The fraction of sp³-hybridized carbons (Fsp3) is 0. The van der Waals surface area contributed by atoms with Crippen molar-refractivity contribution < 1.29 is 10.2 Å². The molecule has 1 aromatic rings. The predicted octanol–water partition coefficient (Wildman–Crippen LogP) is 2.73. The van der Waals surface area contributed by atoms with Gasteiger partial charge in [0.1, 0.15) is 11.6 Å². The zero-order valence-corrected chi connectivity index (χ0v) is 5.87. The van der Waals surface area contributed by atoms with Crippen molar-refractivity contribution in [2.45, 2.75) is 0 Å². The molecule has 1 rings (SSSR count). The van der Waals surface area contributed by atoms with Crippen LogP contribution in [0.4, 0.5) is 8.78 Å². The fourth-order valence-corrected chi connectivity index (χ4v) is 0.872. The van der Waals surface area contributed by atoms with Gasteiger partial charge in [0.2, 0.25) is 0 Å². The highest BCUT2D eigenvalue weighted by atomic mass is 79.9. The van der Waals surface area contributed by atoms with Gasteiger partial charge in [-0.3, -0.25) is 0 Å². The molecule has 0 saturated carbocycles. The molecule has 0 fully saturated rings. The summed E-state index contributed by atoms with van der Waals surface area (Å²) in [6, 6.07) is 1.40. The molecule has 0 aliphatic carbocycles. The summed E-state index contributed by atoms with van der Waals surface area (Å²) in [4.78, 5) is 0. The quantitative estimate of drug-likeness (QED) is 0.595. The molecule has 0 aliphatic heterocycles. The number of rotatable bonds is 0. The highest BCUT2D eigenvalue weighted by molar-refractivity contribution is 9.10. The van der Waals surface area contributed by atoms with Crippen LogP contribution in [-0.2, 0) is 0 Å². The highest BCUT2D eigenvalue weighted by Crippen LogP contribution is 2.12. The van der Waals surface area contributed by atoms with Crippen molar-refractivity contribution >= 4 is 15.9 Å². The molecule has 48 valence electrons. The fourth-order valence-electron chi connectivity index (χ4n) is 0.470. The van der Waals surface area contributed by atoms with Gasteiger partial charge >= 0.3 is 0 Å². The number of hydrogen-bond acceptors (Lipinski definition) is 0. The second kappa shape index (κ2) is 2.43. The van der Waals surface area contributed by atoms with E-state index in [0.29, 0.717) is 4.47 Å². The van der Waals surface area contributed by atoms with Gasteiger partial charge in [-0.2, -0.15) is 0 Å². The molecular formula is C6H3BrF2. The van der Waals surface area contributed by atoms with Gasteiger partial charge in [-0.05, 0) is 12.1 Å². The number of hydrogen-bond donors (Lipinski definition) is 0. The van der Waals surface area contributed by atoms with E-state index < -0.39 is 17.7 Å². The molecule has 0 heterocycles. The lowest BCUT2D eigenvalue weighted by Gasteiger charge is -1.89. The summed E-state index contributed by atoms with van der Waals surface area (Å²) >= 11 is 2.88. The number of benzene rings is 1. The van der Waals surface area contributed by atoms with Crippen molar-refractivity contribution in [1.82, 2.24) is 0 Å². The molecule has 0 spiro atoms. The third kappa shape index (κ3) is 1.75. The Labute approximate surface area is 61.0 Å². The second-order valence-corrected chi connectivity index (χ2v) is 2.41. The third-order valence-electron chi connectivity index (χ3n) is 0.768.